The maximum Gasteiger partial charge on any atom is 0.513 e. The van der Waals surface area contributed by atoms with Crippen LogP contribution in [0.5, 0.6) is 11.5 Å². The minimum absolute atomic E-state index is 0.235. The minimum Gasteiger partial charge on any atom is -0.508 e. The van der Waals surface area contributed by atoms with E-state index in [1.165, 1.54) is 7.11 Å². The molecule has 4 nitrogen and oxygen atoms in total. The van der Waals surface area contributed by atoms with Crippen LogP contribution >= 0.6 is 0 Å². The highest BCUT2D eigenvalue weighted by Crippen LogP contribution is 2.08. The van der Waals surface area contributed by atoms with E-state index < -0.39 is 6.16 Å². The van der Waals surface area contributed by atoms with Gasteiger partial charge in [-0.15, -0.1) is 0 Å². The molecule has 23 heavy (non-hydrogen) atoms. The van der Waals surface area contributed by atoms with Gasteiger partial charge in [0.25, 0.3) is 0 Å². The molecular formula is C18H24BO4. The number of aromatic hydroxyl groups is 1. The second-order valence-corrected chi connectivity index (χ2v) is 3.86. The third-order valence-corrected chi connectivity index (χ3v) is 2.47. The van der Waals surface area contributed by atoms with Crippen LogP contribution < -0.4 is 15.7 Å². The first kappa shape index (κ1) is 20.6. The van der Waals surface area contributed by atoms with Gasteiger partial charge >= 0.3 is 6.16 Å². The Kier molecular flexibility index (Phi) is 10.9. The molecule has 0 spiro atoms. The topological polar surface area (TPSA) is 55.8 Å². The molecule has 0 saturated carbocycles. The predicted octanol–water partition coefficient (Wildman–Crippen LogP) is 3.24. The zero-order chi connectivity index (χ0) is 17.7. The Balaban J connectivity index is 0.00000112. The summed E-state index contributed by atoms with van der Waals surface area (Å²) in [6.45, 7) is 8.00. The van der Waals surface area contributed by atoms with Gasteiger partial charge in [0.1, 0.15) is 11.5 Å². The van der Waals surface area contributed by atoms with Crippen LogP contribution in [0.4, 0.5) is 4.79 Å². The molecule has 0 atom stereocenters. The fourth-order valence-electron chi connectivity index (χ4n) is 1.53. The first-order valence-electron chi connectivity index (χ1n) is 7.67. The number of hydrogen-bond donors (Lipinski definition) is 1. The molecule has 2 aromatic carbocycles. The molecule has 0 aromatic heterocycles. The highest BCUT2D eigenvalue weighted by molar-refractivity contribution is 6.67. The summed E-state index contributed by atoms with van der Waals surface area (Å²) in [6, 6.07) is 13.9. The molecular weight excluding hydrogens is 291 g/mol. The lowest BCUT2D eigenvalue weighted by Gasteiger charge is -2.04. The molecule has 2 rings (SSSR count). The second kappa shape index (κ2) is 12.2. The van der Waals surface area contributed by atoms with Crippen LogP contribution in [0.1, 0.15) is 27.7 Å². The molecule has 0 aliphatic heterocycles. The van der Waals surface area contributed by atoms with Crippen molar-refractivity contribution in [2.45, 2.75) is 27.7 Å². The van der Waals surface area contributed by atoms with Crippen LogP contribution in [0.2, 0.25) is 0 Å². The van der Waals surface area contributed by atoms with Gasteiger partial charge in [0.05, 0.1) is 7.11 Å². The highest BCUT2D eigenvalue weighted by atomic mass is 16.7. The van der Waals surface area contributed by atoms with Gasteiger partial charge < -0.3 is 14.6 Å². The Labute approximate surface area is 139 Å². The van der Waals surface area contributed by atoms with Crippen molar-refractivity contribution in [2.75, 3.05) is 7.11 Å². The molecule has 1 N–H and O–H groups in total. The van der Waals surface area contributed by atoms with Crippen LogP contribution in [0, 0.1) is 0 Å². The van der Waals surface area contributed by atoms with E-state index >= 15 is 0 Å². The maximum absolute atomic E-state index is 10.9. The highest BCUT2D eigenvalue weighted by Gasteiger charge is 2.04. The van der Waals surface area contributed by atoms with Gasteiger partial charge in [0, 0.05) is 0 Å². The number of phenolic OH excluding ortho intramolecular Hbond substituents is 1. The van der Waals surface area contributed by atoms with Gasteiger partial charge in [-0.25, -0.2) is 4.79 Å². The van der Waals surface area contributed by atoms with Crippen LogP contribution in [0.25, 0.3) is 0 Å². The molecule has 0 aliphatic carbocycles. The summed E-state index contributed by atoms with van der Waals surface area (Å²) < 4.78 is 9.27. The number of hydrogen-bond acceptors (Lipinski definition) is 4. The molecule has 0 fully saturated rings. The Bertz CT molecular complexity index is 550. The van der Waals surface area contributed by atoms with Gasteiger partial charge in [-0.05, 0) is 24.3 Å². The number of carbonyl (C=O) groups excluding carboxylic acids is 1. The van der Waals surface area contributed by atoms with E-state index in [2.05, 4.69) is 4.74 Å². The number of methoxy groups -OCH3 is 1. The summed E-state index contributed by atoms with van der Waals surface area (Å²) in [5, 5.41) is 9.19. The van der Waals surface area contributed by atoms with Crippen LogP contribution in [0.15, 0.2) is 48.5 Å². The van der Waals surface area contributed by atoms with Crippen molar-refractivity contribution in [2.24, 2.45) is 0 Å². The zero-order valence-electron chi connectivity index (χ0n) is 14.4. The Morgan fingerprint density at radius 2 is 1.30 bits per heavy atom. The fourth-order valence-corrected chi connectivity index (χ4v) is 1.53. The third-order valence-electron chi connectivity index (χ3n) is 2.47. The minimum atomic E-state index is -0.740. The summed E-state index contributed by atoms with van der Waals surface area (Å²) in [5.41, 5.74) is 1.93. The molecule has 0 amide bonds. The van der Waals surface area contributed by atoms with Gasteiger partial charge in [-0.2, -0.15) is 0 Å². The molecule has 0 bridgehead atoms. The van der Waals surface area contributed by atoms with Crippen LogP contribution in [-0.2, 0) is 4.74 Å². The molecule has 123 valence electrons. The monoisotopic (exact) mass is 315 g/mol. The lowest BCUT2D eigenvalue weighted by atomic mass is 9.64. The average Bonchev–Trinajstić information content (AvgIpc) is 2.62. The Morgan fingerprint density at radius 1 is 0.870 bits per heavy atom. The average molecular weight is 315 g/mol. The molecule has 0 aliphatic rings. The Morgan fingerprint density at radius 3 is 1.74 bits per heavy atom. The first-order valence-corrected chi connectivity index (χ1v) is 7.67. The van der Waals surface area contributed by atoms with Gasteiger partial charge in [-0.1, -0.05) is 62.9 Å². The zero-order valence-corrected chi connectivity index (χ0v) is 14.4. The van der Waals surface area contributed by atoms with Gasteiger partial charge in [-0.3, -0.25) is 0 Å². The van der Waals surface area contributed by atoms with Crippen molar-refractivity contribution in [3.8, 4) is 11.5 Å². The lowest BCUT2D eigenvalue weighted by molar-refractivity contribution is 0.121. The predicted molar refractivity (Wildman–Crippen MR) is 95.3 cm³/mol. The number of rotatable bonds is 3. The normalized spacial score (nSPS) is 8.57. The summed E-state index contributed by atoms with van der Waals surface area (Å²) in [6.07, 6.45) is -0.740. The number of benzene rings is 2. The largest absolute Gasteiger partial charge is 0.513 e. The van der Waals surface area contributed by atoms with Gasteiger partial charge in [0.15, 0.2) is 7.28 Å². The standard InChI is InChI=1S/C14H12BO4.2C2H6/c1-18-14(17)19-13-8-4-11(5-9-13)15-10-2-6-12(16)7-3-10;2*1-2/h2-9,16H,1H3;2*1-2H3. The number of phenols is 1. The van der Waals surface area contributed by atoms with Crippen molar-refractivity contribution < 1.29 is 19.4 Å². The molecule has 0 heterocycles. The van der Waals surface area contributed by atoms with E-state index in [1.54, 1.807) is 24.3 Å². The van der Waals surface area contributed by atoms with Gasteiger partial charge in [0.2, 0.25) is 0 Å². The van der Waals surface area contributed by atoms with E-state index in [0.717, 1.165) is 10.9 Å². The van der Waals surface area contributed by atoms with Crippen LogP contribution in [0.3, 0.4) is 0 Å². The third kappa shape index (κ3) is 7.95. The quantitative estimate of drug-likeness (QED) is 0.537. The first-order chi connectivity index (χ1) is 11.2. The SMILES string of the molecule is CC.CC.COC(=O)Oc1ccc([B]c2ccc(O)cc2)cc1. The van der Waals surface area contributed by atoms with Crippen molar-refractivity contribution in [1.82, 2.24) is 0 Å². The number of carbonyl (C=O) groups is 1. The van der Waals surface area contributed by atoms with Crippen molar-refractivity contribution in [3.05, 3.63) is 48.5 Å². The van der Waals surface area contributed by atoms with E-state index in [-0.39, 0.29) is 5.75 Å². The van der Waals surface area contributed by atoms with Crippen molar-refractivity contribution in [1.29, 1.82) is 0 Å². The summed E-state index contributed by atoms with van der Waals surface area (Å²) in [4.78, 5) is 10.9. The fraction of sp³-hybridized carbons (Fsp3) is 0.278. The van der Waals surface area contributed by atoms with E-state index in [9.17, 15) is 9.90 Å². The molecule has 0 saturated heterocycles. The molecule has 1 radical (unpaired) electrons. The summed E-state index contributed by atoms with van der Waals surface area (Å²) in [5.74, 6) is 0.661. The van der Waals surface area contributed by atoms with Crippen LogP contribution in [-0.4, -0.2) is 25.7 Å². The van der Waals surface area contributed by atoms with E-state index in [1.807, 2.05) is 59.2 Å². The molecule has 0 unspecified atom stereocenters. The molecule has 5 heteroatoms. The summed E-state index contributed by atoms with van der Waals surface area (Å²) >= 11 is 0. The number of ether oxygens (including phenoxy) is 2. The smallest absolute Gasteiger partial charge is 0.508 e. The van der Waals surface area contributed by atoms with Crippen molar-refractivity contribution in [3.63, 3.8) is 0 Å². The summed E-state index contributed by atoms with van der Waals surface area (Å²) in [7, 11) is 3.21. The maximum atomic E-state index is 10.9. The van der Waals surface area contributed by atoms with E-state index in [4.69, 9.17) is 4.74 Å². The van der Waals surface area contributed by atoms with E-state index in [0.29, 0.717) is 5.75 Å². The lowest BCUT2D eigenvalue weighted by Crippen LogP contribution is -2.26. The second-order valence-electron chi connectivity index (χ2n) is 3.86. The molecule has 2 aromatic rings. The van der Waals surface area contributed by atoms with Crippen molar-refractivity contribution >= 4 is 24.4 Å². The Hall–Kier alpha value is -2.43.